The molecule has 0 saturated heterocycles. The molecule has 0 unspecified atom stereocenters. The first-order chi connectivity index (χ1) is 5.91. The molecular formula is C6H12N3O3Si. The molecule has 1 radical (unpaired) electrons. The summed E-state index contributed by atoms with van der Waals surface area (Å²) in [4.78, 5) is 39.2. The van der Waals surface area contributed by atoms with Crippen LogP contribution in [0.5, 0.6) is 0 Å². The fourth-order valence-electron chi connectivity index (χ4n) is 0.622. The lowest BCUT2D eigenvalue weighted by molar-refractivity contribution is -0.117. The second-order valence-electron chi connectivity index (χ2n) is 2.42. The van der Waals surface area contributed by atoms with Crippen LogP contribution in [0.4, 0.5) is 0 Å². The SMILES string of the molecule is CC(=O)N[Si](NC(C)=O)NC(C)=O. The zero-order valence-electron chi connectivity index (χ0n) is 7.72. The van der Waals surface area contributed by atoms with Crippen molar-refractivity contribution in [2.75, 3.05) is 0 Å². The average molecular weight is 202 g/mol. The van der Waals surface area contributed by atoms with Gasteiger partial charge in [-0.1, -0.05) is 0 Å². The molecule has 0 aromatic carbocycles. The summed E-state index contributed by atoms with van der Waals surface area (Å²) in [5.41, 5.74) is 0. The molecule has 0 bridgehead atoms. The van der Waals surface area contributed by atoms with Crippen molar-refractivity contribution in [2.24, 2.45) is 0 Å². The minimum Gasteiger partial charge on any atom is -0.347 e. The lowest BCUT2D eigenvalue weighted by Crippen LogP contribution is -2.61. The van der Waals surface area contributed by atoms with E-state index in [-0.39, 0.29) is 17.7 Å². The van der Waals surface area contributed by atoms with Crippen molar-refractivity contribution >= 4 is 27.0 Å². The Hall–Kier alpha value is -1.37. The zero-order chi connectivity index (χ0) is 10.4. The second-order valence-corrected chi connectivity index (χ2v) is 3.92. The molecule has 0 atom stereocenters. The van der Waals surface area contributed by atoms with Gasteiger partial charge >= 0.3 is 9.28 Å². The van der Waals surface area contributed by atoms with Gasteiger partial charge in [0, 0.05) is 20.8 Å². The monoisotopic (exact) mass is 202 g/mol. The van der Waals surface area contributed by atoms with Crippen molar-refractivity contribution in [3.05, 3.63) is 0 Å². The maximum absolute atomic E-state index is 10.6. The number of rotatable bonds is 3. The van der Waals surface area contributed by atoms with Gasteiger partial charge in [0.05, 0.1) is 0 Å². The highest BCUT2D eigenvalue weighted by molar-refractivity contribution is 6.59. The van der Waals surface area contributed by atoms with Gasteiger partial charge in [-0.15, -0.1) is 0 Å². The van der Waals surface area contributed by atoms with E-state index in [0.717, 1.165) is 0 Å². The first-order valence-electron chi connectivity index (χ1n) is 3.61. The Bertz CT molecular complexity index is 193. The molecule has 0 aromatic heterocycles. The van der Waals surface area contributed by atoms with Crippen LogP contribution in [0.25, 0.3) is 0 Å². The van der Waals surface area contributed by atoms with Gasteiger partial charge in [-0.05, 0) is 0 Å². The van der Waals surface area contributed by atoms with Crippen molar-refractivity contribution < 1.29 is 14.4 Å². The molecule has 73 valence electrons. The number of carbonyl (C=O) groups excluding carboxylic acids is 3. The molecule has 0 aromatic rings. The van der Waals surface area contributed by atoms with E-state index in [4.69, 9.17) is 0 Å². The Morgan fingerprint density at radius 3 is 1.15 bits per heavy atom. The van der Waals surface area contributed by atoms with Gasteiger partial charge in [-0.2, -0.15) is 0 Å². The van der Waals surface area contributed by atoms with Crippen molar-refractivity contribution in [3.8, 4) is 0 Å². The fourth-order valence-corrected chi connectivity index (χ4v) is 1.87. The largest absolute Gasteiger partial charge is 0.434 e. The lowest BCUT2D eigenvalue weighted by atomic mass is 10.8. The first-order valence-corrected chi connectivity index (χ1v) is 5.11. The van der Waals surface area contributed by atoms with Gasteiger partial charge < -0.3 is 14.9 Å². The summed E-state index contributed by atoms with van der Waals surface area (Å²) in [6.45, 7) is 3.94. The van der Waals surface area contributed by atoms with Gasteiger partial charge in [0.1, 0.15) is 0 Å². The summed E-state index contributed by atoms with van der Waals surface area (Å²) >= 11 is 0. The van der Waals surface area contributed by atoms with E-state index in [1.165, 1.54) is 20.8 Å². The average Bonchev–Trinajstić information content (AvgIpc) is 1.80. The van der Waals surface area contributed by atoms with Crippen LogP contribution in [0, 0.1) is 0 Å². The van der Waals surface area contributed by atoms with Crippen LogP contribution in [0.2, 0.25) is 0 Å². The summed E-state index contributed by atoms with van der Waals surface area (Å²) in [6.07, 6.45) is 0. The van der Waals surface area contributed by atoms with E-state index in [2.05, 4.69) is 14.9 Å². The quantitative estimate of drug-likeness (QED) is 0.481. The van der Waals surface area contributed by atoms with Crippen molar-refractivity contribution in [1.29, 1.82) is 0 Å². The summed E-state index contributed by atoms with van der Waals surface area (Å²) in [7, 11) is -1.84. The topological polar surface area (TPSA) is 87.3 Å². The number of carbonyl (C=O) groups is 3. The third-order valence-corrected chi connectivity index (χ3v) is 2.71. The fraction of sp³-hybridized carbons (Fsp3) is 0.500. The summed E-state index contributed by atoms with van der Waals surface area (Å²) in [5.74, 6) is -0.885. The number of hydrogen-bond donors (Lipinski definition) is 3. The van der Waals surface area contributed by atoms with Crippen molar-refractivity contribution in [2.45, 2.75) is 20.8 Å². The van der Waals surface area contributed by atoms with E-state index in [0.29, 0.717) is 0 Å². The van der Waals surface area contributed by atoms with Crippen molar-refractivity contribution in [1.82, 2.24) is 14.9 Å². The molecule has 7 heteroatoms. The first kappa shape index (κ1) is 11.6. The predicted octanol–water partition coefficient (Wildman–Crippen LogP) is -1.62. The van der Waals surface area contributed by atoms with E-state index < -0.39 is 9.28 Å². The molecule has 0 spiro atoms. The molecule has 0 rings (SSSR count). The summed E-state index contributed by atoms with van der Waals surface area (Å²) in [6, 6.07) is 0. The summed E-state index contributed by atoms with van der Waals surface area (Å²) < 4.78 is 0. The Labute approximate surface area is 77.9 Å². The molecular weight excluding hydrogens is 190 g/mol. The van der Waals surface area contributed by atoms with Crippen LogP contribution in [0.3, 0.4) is 0 Å². The van der Waals surface area contributed by atoms with Crippen LogP contribution in [-0.2, 0) is 14.4 Å². The van der Waals surface area contributed by atoms with Gasteiger partial charge in [0.25, 0.3) is 0 Å². The number of nitrogens with one attached hydrogen (secondary N) is 3. The van der Waals surface area contributed by atoms with Gasteiger partial charge in [-0.25, -0.2) is 0 Å². The van der Waals surface area contributed by atoms with Gasteiger partial charge in [0.15, 0.2) is 0 Å². The predicted molar refractivity (Wildman–Crippen MR) is 47.2 cm³/mol. The molecule has 0 heterocycles. The highest BCUT2D eigenvalue weighted by atomic mass is 28.3. The third-order valence-electron chi connectivity index (χ3n) is 0.903. The minimum absolute atomic E-state index is 0.295. The Morgan fingerprint density at radius 2 is 1.00 bits per heavy atom. The van der Waals surface area contributed by atoms with E-state index in [1.807, 2.05) is 0 Å². The number of amides is 3. The normalized spacial score (nSPS) is 9.23. The molecule has 0 aliphatic carbocycles. The molecule has 0 fully saturated rings. The van der Waals surface area contributed by atoms with Crippen LogP contribution in [0.1, 0.15) is 20.8 Å². The second kappa shape index (κ2) is 5.30. The lowest BCUT2D eigenvalue weighted by Gasteiger charge is -2.13. The van der Waals surface area contributed by atoms with E-state index >= 15 is 0 Å². The molecule has 0 aliphatic heterocycles. The van der Waals surface area contributed by atoms with Crippen LogP contribution >= 0.6 is 0 Å². The molecule has 13 heavy (non-hydrogen) atoms. The number of hydrogen-bond acceptors (Lipinski definition) is 3. The van der Waals surface area contributed by atoms with Gasteiger partial charge in [0.2, 0.25) is 17.7 Å². The van der Waals surface area contributed by atoms with Crippen LogP contribution in [-0.4, -0.2) is 27.0 Å². The molecule has 3 N–H and O–H groups in total. The Kier molecular flexibility index (Phi) is 4.74. The maximum atomic E-state index is 10.6. The molecule has 3 amide bonds. The summed E-state index contributed by atoms with van der Waals surface area (Å²) in [5, 5.41) is 0. The van der Waals surface area contributed by atoms with Crippen LogP contribution in [0.15, 0.2) is 0 Å². The smallest absolute Gasteiger partial charge is 0.347 e. The Balaban J connectivity index is 4.10. The van der Waals surface area contributed by atoms with Gasteiger partial charge in [-0.3, -0.25) is 14.4 Å². The molecule has 0 aliphatic rings. The third kappa shape index (κ3) is 7.00. The molecule has 0 saturated carbocycles. The van der Waals surface area contributed by atoms with Crippen LogP contribution < -0.4 is 14.9 Å². The highest BCUT2D eigenvalue weighted by Crippen LogP contribution is 1.70. The van der Waals surface area contributed by atoms with E-state index in [1.54, 1.807) is 0 Å². The maximum Gasteiger partial charge on any atom is 0.434 e. The zero-order valence-corrected chi connectivity index (χ0v) is 8.72. The highest BCUT2D eigenvalue weighted by Gasteiger charge is 2.17. The Morgan fingerprint density at radius 1 is 0.769 bits per heavy atom. The molecule has 6 nitrogen and oxygen atoms in total. The van der Waals surface area contributed by atoms with Crippen molar-refractivity contribution in [3.63, 3.8) is 0 Å². The standard InChI is InChI=1S/C6H12N3O3Si/c1-4(10)7-13(8-5(2)11)9-6(3)12/h1-3H3,(H,7,10)(H,8,11)(H,9,12). The van der Waals surface area contributed by atoms with E-state index in [9.17, 15) is 14.4 Å². The minimum atomic E-state index is -1.84.